The fourth-order valence-corrected chi connectivity index (χ4v) is 5.01. The van der Waals surface area contributed by atoms with Crippen molar-refractivity contribution in [3.05, 3.63) is 76.3 Å². The van der Waals surface area contributed by atoms with E-state index in [0.717, 1.165) is 17.9 Å². The number of rotatable bonds is 7. The van der Waals surface area contributed by atoms with Crippen molar-refractivity contribution < 1.29 is 9.47 Å². The molecular weight excluding hydrogens is 444 g/mol. The topological polar surface area (TPSA) is 51.5 Å². The van der Waals surface area contributed by atoms with Crippen LogP contribution in [0.15, 0.2) is 48.7 Å². The molecule has 1 N–H and O–H groups in total. The predicted molar refractivity (Wildman–Crippen MR) is 132 cm³/mol. The molecule has 0 bridgehead atoms. The number of pyridine rings is 1. The summed E-state index contributed by atoms with van der Waals surface area (Å²) in [7, 11) is 3.33. The van der Waals surface area contributed by atoms with Crippen molar-refractivity contribution in [2.45, 2.75) is 32.5 Å². The van der Waals surface area contributed by atoms with E-state index >= 15 is 0 Å². The molecule has 1 aromatic carbocycles. The summed E-state index contributed by atoms with van der Waals surface area (Å²) in [4.78, 5) is 6.76. The molecule has 3 aromatic rings. The molecule has 1 fully saturated rings. The monoisotopic (exact) mass is 470 g/mol. The van der Waals surface area contributed by atoms with Crippen molar-refractivity contribution in [3.63, 3.8) is 0 Å². The molecule has 0 unspecified atom stereocenters. The SMILES string of the molecule is COCCn1c(C)cc([C@H]2[C@@H](c3ccccn3)NC(=S)N2c2ccc(OC)c(Cl)c2)c1C. The number of hydrogen-bond acceptors (Lipinski definition) is 4. The van der Waals surface area contributed by atoms with Crippen molar-refractivity contribution in [2.75, 3.05) is 25.7 Å². The molecule has 0 saturated carbocycles. The van der Waals surface area contributed by atoms with Gasteiger partial charge in [-0.05, 0) is 68.0 Å². The fourth-order valence-electron chi connectivity index (χ4n) is 4.41. The molecule has 1 aliphatic heterocycles. The standard InChI is InChI=1S/C24H27ClN4O2S/c1-15-13-18(16(2)28(15)11-12-30-3)23-22(20-7-5-6-10-26-20)27-24(32)29(23)17-8-9-21(31-4)19(25)14-17/h5-10,13-14,22-23H,11-12H2,1-4H3,(H,27,32)/t22-,23+/m1/s1. The highest BCUT2D eigenvalue weighted by atomic mass is 35.5. The summed E-state index contributed by atoms with van der Waals surface area (Å²) in [5.74, 6) is 0.629. The molecule has 2 atom stereocenters. The van der Waals surface area contributed by atoms with Gasteiger partial charge in [-0.2, -0.15) is 0 Å². The van der Waals surface area contributed by atoms with Gasteiger partial charge < -0.3 is 24.3 Å². The lowest BCUT2D eigenvalue weighted by Gasteiger charge is -2.28. The van der Waals surface area contributed by atoms with Gasteiger partial charge in [0.05, 0.1) is 36.5 Å². The lowest BCUT2D eigenvalue weighted by molar-refractivity contribution is 0.186. The molecular formula is C24H27ClN4O2S. The first-order chi connectivity index (χ1) is 15.5. The number of halogens is 1. The van der Waals surface area contributed by atoms with Crippen LogP contribution in [0.1, 0.15) is 34.7 Å². The molecule has 4 rings (SSSR count). The predicted octanol–water partition coefficient (Wildman–Crippen LogP) is 4.99. The second kappa shape index (κ2) is 9.48. The highest BCUT2D eigenvalue weighted by Crippen LogP contribution is 2.44. The zero-order valence-electron chi connectivity index (χ0n) is 18.6. The number of ether oxygens (including phenoxy) is 2. The Morgan fingerprint density at radius 3 is 2.62 bits per heavy atom. The first kappa shape index (κ1) is 22.6. The molecule has 6 nitrogen and oxygen atoms in total. The van der Waals surface area contributed by atoms with Crippen LogP contribution in [-0.2, 0) is 11.3 Å². The van der Waals surface area contributed by atoms with E-state index in [9.17, 15) is 0 Å². The molecule has 1 saturated heterocycles. The van der Waals surface area contributed by atoms with E-state index in [1.807, 2.05) is 42.6 Å². The maximum absolute atomic E-state index is 6.47. The molecule has 3 heterocycles. The first-order valence-electron chi connectivity index (χ1n) is 10.5. The van der Waals surface area contributed by atoms with Gasteiger partial charge in [-0.25, -0.2) is 0 Å². The summed E-state index contributed by atoms with van der Waals surface area (Å²) in [5, 5.41) is 4.67. The van der Waals surface area contributed by atoms with Crippen LogP contribution in [0.4, 0.5) is 5.69 Å². The number of thiocarbonyl (C=S) groups is 1. The summed E-state index contributed by atoms with van der Waals surface area (Å²) in [6, 6.07) is 13.7. The van der Waals surface area contributed by atoms with Crippen molar-refractivity contribution in [3.8, 4) is 5.75 Å². The maximum Gasteiger partial charge on any atom is 0.174 e. The summed E-state index contributed by atoms with van der Waals surface area (Å²) >= 11 is 12.3. The number of anilines is 1. The largest absolute Gasteiger partial charge is 0.495 e. The molecule has 1 aliphatic rings. The maximum atomic E-state index is 6.47. The normalized spacial score (nSPS) is 18.2. The lowest BCUT2D eigenvalue weighted by atomic mass is 9.96. The van der Waals surface area contributed by atoms with E-state index in [1.54, 1.807) is 14.2 Å². The van der Waals surface area contributed by atoms with E-state index < -0.39 is 0 Å². The number of aryl methyl sites for hydroxylation is 1. The van der Waals surface area contributed by atoms with Crippen molar-refractivity contribution in [1.29, 1.82) is 0 Å². The van der Waals surface area contributed by atoms with Crippen LogP contribution in [0.25, 0.3) is 0 Å². The van der Waals surface area contributed by atoms with Gasteiger partial charge in [0.15, 0.2) is 5.11 Å². The summed E-state index contributed by atoms with van der Waals surface area (Å²) in [5.41, 5.74) is 5.39. The Hall–Kier alpha value is -2.61. The third-order valence-electron chi connectivity index (χ3n) is 5.96. The van der Waals surface area contributed by atoms with Gasteiger partial charge in [-0.3, -0.25) is 4.98 Å². The minimum atomic E-state index is -0.110. The van der Waals surface area contributed by atoms with Crippen molar-refractivity contribution >= 4 is 34.6 Å². The second-order valence-electron chi connectivity index (χ2n) is 7.79. The minimum absolute atomic E-state index is 0.0932. The Kier molecular flexibility index (Phi) is 6.69. The van der Waals surface area contributed by atoms with Gasteiger partial charge in [0.1, 0.15) is 5.75 Å². The first-order valence-corrected chi connectivity index (χ1v) is 11.2. The van der Waals surface area contributed by atoms with E-state index in [1.165, 1.54) is 17.0 Å². The number of methoxy groups -OCH3 is 2. The van der Waals surface area contributed by atoms with Crippen LogP contribution in [0, 0.1) is 13.8 Å². The number of aromatic nitrogens is 2. The lowest BCUT2D eigenvalue weighted by Crippen LogP contribution is -2.29. The van der Waals surface area contributed by atoms with Gasteiger partial charge in [0, 0.05) is 36.9 Å². The smallest absolute Gasteiger partial charge is 0.174 e. The quantitative estimate of drug-likeness (QED) is 0.491. The van der Waals surface area contributed by atoms with Crippen LogP contribution in [0.2, 0.25) is 5.02 Å². The Balaban J connectivity index is 1.84. The third kappa shape index (κ3) is 4.08. The average molecular weight is 471 g/mol. The van der Waals surface area contributed by atoms with Crippen LogP contribution in [-0.4, -0.2) is 35.5 Å². The van der Waals surface area contributed by atoms with Crippen LogP contribution >= 0.6 is 23.8 Å². The Morgan fingerprint density at radius 2 is 1.97 bits per heavy atom. The van der Waals surface area contributed by atoms with E-state index in [2.05, 4.69) is 39.7 Å². The molecule has 2 aromatic heterocycles. The van der Waals surface area contributed by atoms with Crippen LogP contribution < -0.4 is 15.0 Å². The van der Waals surface area contributed by atoms with Gasteiger partial charge in [-0.15, -0.1) is 0 Å². The zero-order valence-corrected chi connectivity index (χ0v) is 20.2. The zero-order chi connectivity index (χ0) is 22.8. The molecule has 0 amide bonds. The molecule has 0 spiro atoms. The number of nitrogens with one attached hydrogen (secondary N) is 1. The Labute approximate surface area is 199 Å². The highest BCUT2D eigenvalue weighted by Gasteiger charge is 2.42. The average Bonchev–Trinajstić information content (AvgIpc) is 3.28. The second-order valence-corrected chi connectivity index (χ2v) is 8.58. The molecule has 8 heteroatoms. The Bertz CT molecular complexity index is 1120. The van der Waals surface area contributed by atoms with Gasteiger partial charge >= 0.3 is 0 Å². The molecule has 32 heavy (non-hydrogen) atoms. The number of benzene rings is 1. The van der Waals surface area contributed by atoms with E-state index in [4.69, 9.17) is 33.3 Å². The van der Waals surface area contributed by atoms with E-state index in [0.29, 0.717) is 22.5 Å². The number of hydrogen-bond donors (Lipinski definition) is 1. The Morgan fingerprint density at radius 1 is 1.16 bits per heavy atom. The summed E-state index contributed by atoms with van der Waals surface area (Å²) in [6.45, 7) is 5.71. The van der Waals surface area contributed by atoms with Crippen molar-refractivity contribution in [2.24, 2.45) is 0 Å². The molecule has 0 radical (unpaired) electrons. The molecule has 168 valence electrons. The highest BCUT2D eigenvalue weighted by molar-refractivity contribution is 7.80. The number of nitrogens with zero attached hydrogens (tertiary/aromatic N) is 3. The van der Waals surface area contributed by atoms with Crippen LogP contribution in [0.3, 0.4) is 0 Å². The van der Waals surface area contributed by atoms with Crippen molar-refractivity contribution in [1.82, 2.24) is 14.9 Å². The van der Waals surface area contributed by atoms with E-state index in [-0.39, 0.29) is 12.1 Å². The molecule has 0 aliphatic carbocycles. The van der Waals surface area contributed by atoms with Crippen LogP contribution in [0.5, 0.6) is 5.75 Å². The third-order valence-corrected chi connectivity index (χ3v) is 6.57. The fraction of sp³-hybridized carbons (Fsp3) is 0.333. The summed E-state index contributed by atoms with van der Waals surface area (Å²) in [6.07, 6.45) is 1.81. The summed E-state index contributed by atoms with van der Waals surface area (Å²) < 4.78 is 13.0. The minimum Gasteiger partial charge on any atom is -0.495 e. The van der Waals surface area contributed by atoms with Gasteiger partial charge in [0.2, 0.25) is 0 Å². The van der Waals surface area contributed by atoms with Gasteiger partial charge in [-0.1, -0.05) is 17.7 Å². The van der Waals surface area contributed by atoms with Gasteiger partial charge in [0.25, 0.3) is 0 Å².